The topological polar surface area (TPSA) is 65.8 Å². The van der Waals surface area contributed by atoms with Crippen LogP contribution in [0.5, 0.6) is 0 Å². The summed E-state index contributed by atoms with van der Waals surface area (Å²) in [5, 5.41) is 12.9. The van der Waals surface area contributed by atoms with Gasteiger partial charge in [-0.1, -0.05) is 19.9 Å². The van der Waals surface area contributed by atoms with Crippen LogP contribution in [0.3, 0.4) is 0 Å². The van der Waals surface area contributed by atoms with Gasteiger partial charge in [0.15, 0.2) is 5.78 Å². The van der Waals surface area contributed by atoms with E-state index in [1.165, 1.54) is 0 Å². The highest BCUT2D eigenvalue weighted by Crippen LogP contribution is 2.45. The molecule has 2 aliphatic rings. The predicted molar refractivity (Wildman–Crippen MR) is 91.2 cm³/mol. The van der Waals surface area contributed by atoms with Gasteiger partial charge in [-0.15, -0.1) is 0 Å². The lowest BCUT2D eigenvalue weighted by Crippen LogP contribution is -2.37. The molecule has 0 fully saturated rings. The van der Waals surface area contributed by atoms with Gasteiger partial charge in [-0.3, -0.25) is 4.79 Å². The molecule has 0 radical (unpaired) electrons. The summed E-state index contributed by atoms with van der Waals surface area (Å²) in [6.45, 7) is 6.09. The van der Waals surface area contributed by atoms with Crippen molar-refractivity contribution in [1.82, 2.24) is 10.3 Å². The van der Waals surface area contributed by atoms with Crippen molar-refractivity contribution in [2.24, 2.45) is 5.41 Å². The number of allylic oxidation sites excluding steroid dienone is 4. The van der Waals surface area contributed by atoms with Gasteiger partial charge >= 0.3 is 0 Å². The molecule has 0 amide bonds. The number of nitriles is 1. The second-order valence-corrected chi connectivity index (χ2v) is 7.74. The Labute approximate surface area is 144 Å². The summed E-state index contributed by atoms with van der Waals surface area (Å²) < 4.78 is 0.703. The first-order valence-electron chi connectivity index (χ1n) is 7.59. The van der Waals surface area contributed by atoms with Crippen molar-refractivity contribution in [3.63, 3.8) is 0 Å². The van der Waals surface area contributed by atoms with E-state index in [0.717, 1.165) is 23.5 Å². The average Bonchev–Trinajstić information content (AvgIpc) is 2.44. The van der Waals surface area contributed by atoms with Crippen LogP contribution in [0.1, 0.15) is 45.2 Å². The molecule has 1 atom stereocenters. The molecule has 0 saturated carbocycles. The third-order valence-corrected chi connectivity index (χ3v) is 4.83. The number of hydrogen-bond acceptors (Lipinski definition) is 4. The summed E-state index contributed by atoms with van der Waals surface area (Å²) in [6.07, 6.45) is 1.30. The number of dihydropyridines is 1. The SMILES string of the molecule is CC1=C(C#N)[C@H](c2cccc(Br)n2)C2=C(CC(C)(C)CC2=O)N1. The Hall–Kier alpha value is -1.93. The van der Waals surface area contributed by atoms with Gasteiger partial charge in [-0.05, 0) is 46.8 Å². The molecule has 2 heterocycles. The molecule has 1 aromatic heterocycles. The van der Waals surface area contributed by atoms with Gasteiger partial charge in [0.2, 0.25) is 0 Å². The maximum absolute atomic E-state index is 12.8. The van der Waals surface area contributed by atoms with E-state index < -0.39 is 0 Å². The number of carbonyl (C=O) groups is 1. The molecular weight excluding hydrogens is 354 g/mol. The van der Waals surface area contributed by atoms with Crippen LogP contribution in [0.4, 0.5) is 0 Å². The molecule has 23 heavy (non-hydrogen) atoms. The maximum atomic E-state index is 12.8. The van der Waals surface area contributed by atoms with Crippen molar-refractivity contribution in [3.05, 3.63) is 51.0 Å². The number of carbonyl (C=O) groups excluding carboxylic acids is 1. The highest BCUT2D eigenvalue weighted by Gasteiger charge is 2.41. The molecule has 0 unspecified atom stereocenters. The van der Waals surface area contributed by atoms with E-state index in [2.05, 4.69) is 46.1 Å². The van der Waals surface area contributed by atoms with Gasteiger partial charge in [-0.2, -0.15) is 5.26 Å². The van der Waals surface area contributed by atoms with Crippen LogP contribution in [0.15, 0.2) is 45.3 Å². The zero-order valence-electron chi connectivity index (χ0n) is 13.4. The summed E-state index contributed by atoms with van der Waals surface area (Å²) in [5.41, 5.74) is 3.69. The fourth-order valence-electron chi connectivity index (χ4n) is 3.46. The Morgan fingerprint density at radius 1 is 1.39 bits per heavy atom. The molecule has 1 aliphatic carbocycles. The number of Topliss-reactive ketones (excluding diaryl/α,β-unsaturated/α-hetero) is 1. The zero-order chi connectivity index (χ0) is 16.8. The third kappa shape index (κ3) is 2.84. The molecule has 0 bridgehead atoms. The molecule has 1 N–H and O–H groups in total. The molecule has 3 rings (SSSR count). The van der Waals surface area contributed by atoms with E-state index in [0.29, 0.717) is 22.2 Å². The Morgan fingerprint density at radius 3 is 2.78 bits per heavy atom. The largest absolute Gasteiger partial charge is 0.361 e. The van der Waals surface area contributed by atoms with Gasteiger partial charge in [0.05, 0.1) is 23.3 Å². The highest BCUT2D eigenvalue weighted by atomic mass is 79.9. The molecule has 4 nitrogen and oxygen atoms in total. The van der Waals surface area contributed by atoms with Crippen LogP contribution in [0.25, 0.3) is 0 Å². The normalized spacial score (nSPS) is 23.3. The Bertz CT molecular complexity index is 799. The number of nitrogens with one attached hydrogen (secondary N) is 1. The van der Waals surface area contributed by atoms with Crippen molar-refractivity contribution in [2.75, 3.05) is 0 Å². The van der Waals surface area contributed by atoms with Gasteiger partial charge in [-0.25, -0.2) is 4.98 Å². The number of ketones is 1. The van der Waals surface area contributed by atoms with E-state index in [4.69, 9.17) is 0 Å². The minimum Gasteiger partial charge on any atom is -0.361 e. The molecule has 1 aromatic rings. The minimum absolute atomic E-state index is 0.0669. The minimum atomic E-state index is -0.377. The van der Waals surface area contributed by atoms with Gasteiger partial charge < -0.3 is 5.32 Å². The first kappa shape index (κ1) is 15.9. The first-order chi connectivity index (χ1) is 10.8. The summed E-state index contributed by atoms with van der Waals surface area (Å²) in [6, 6.07) is 7.88. The lowest BCUT2D eigenvalue weighted by Gasteiger charge is -2.38. The fourth-order valence-corrected chi connectivity index (χ4v) is 3.82. The molecular formula is C18H18BrN3O. The van der Waals surface area contributed by atoms with E-state index >= 15 is 0 Å². The van der Waals surface area contributed by atoms with E-state index in [9.17, 15) is 10.1 Å². The van der Waals surface area contributed by atoms with Crippen molar-refractivity contribution >= 4 is 21.7 Å². The predicted octanol–water partition coefficient (Wildman–Crippen LogP) is 3.97. The zero-order valence-corrected chi connectivity index (χ0v) is 15.0. The van der Waals surface area contributed by atoms with Gasteiger partial charge in [0.1, 0.15) is 4.60 Å². The van der Waals surface area contributed by atoms with Crippen molar-refractivity contribution in [1.29, 1.82) is 5.26 Å². The number of pyridine rings is 1. The number of rotatable bonds is 1. The van der Waals surface area contributed by atoms with Crippen molar-refractivity contribution in [2.45, 2.75) is 39.5 Å². The van der Waals surface area contributed by atoms with Crippen LogP contribution < -0.4 is 5.32 Å². The van der Waals surface area contributed by atoms with E-state index in [1.807, 2.05) is 25.1 Å². The number of hydrogen-bond donors (Lipinski definition) is 1. The molecule has 0 spiro atoms. The van der Waals surface area contributed by atoms with Crippen molar-refractivity contribution in [3.8, 4) is 6.07 Å². The number of nitrogens with zero attached hydrogens (tertiary/aromatic N) is 2. The molecule has 0 saturated heterocycles. The highest BCUT2D eigenvalue weighted by molar-refractivity contribution is 9.10. The van der Waals surface area contributed by atoms with E-state index in [-0.39, 0.29) is 17.1 Å². The fraction of sp³-hybridized carbons (Fsp3) is 0.389. The lowest BCUT2D eigenvalue weighted by atomic mass is 9.69. The third-order valence-electron chi connectivity index (χ3n) is 4.39. The van der Waals surface area contributed by atoms with Crippen LogP contribution in [-0.4, -0.2) is 10.8 Å². The monoisotopic (exact) mass is 371 g/mol. The van der Waals surface area contributed by atoms with Crippen LogP contribution in [0.2, 0.25) is 0 Å². The Morgan fingerprint density at radius 2 is 2.13 bits per heavy atom. The summed E-state index contributed by atoms with van der Waals surface area (Å²) in [4.78, 5) is 17.3. The summed E-state index contributed by atoms with van der Waals surface area (Å²) in [5.74, 6) is -0.270. The number of halogens is 1. The smallest absolute Gasteiger partial charge is 0.162 e. The summed E-state index contributed by atoms with van der Waals surface area (Å²) >= 11 is 3.38. The van der Waals surface area contributed by atoms with Crippen LogP contribution in [-0.2, 0) is 4.79 Å². The van der Waals surface area contributed by atoms with E-state index in [1.54, 1.807) is 0 Å². The van der Waals surface area contributed by atoms with Gasteiger partial charge in [0.25, 0.3) is 0 Å². The van der Waals surface area contributed by atoms with Crippen LogP contribution >= 0.6 is 15.9 Å². The second kappa shape index (κ2) is 5.61. The molecule has 0 aromatic carbocycles. The van der Waals surface area contributed by atoms with Crippen molar-refractivity contribution < 1.29 is 4.79 Å². The Balaban J connectivity index is 2.19. The number of aromatic nitrogens is 1. The lowest BCUT2D eigenvalue weighted by molar-refractivity contribution is -0.118. The summed E-state index contributed by atoms with van der Waals surface area (Å²) in [7, 11) is 0. The quantitative estimate of drug-likeness (QED) is 0.758. The average molecular weight is 372 g/mol. The standard InChI is InChI=1S/C18H18BrN3O/c1-10-11(9-20)16(12-5-4-6-15(19)22-12)17-13(21-10)7-18(2,3)8-14(17)23/h4-6,16,21H,7-8H2,1-3H3/t16-/m1/s1. The molecule has 118 valence electrons. The first-order valence-corrected chi connectivity index (χ1v) is 8.38. The molecule has 5 heteroatoms. The Kier molecular flexibility index (Phi) is 3.89. The van der Waals surface area contributed by atoms with Crippen LogP contribution in [0, 0.1) is 16.7 Å². The maximum Gasteiger partial charge on any atom is 0.162 e. The van der Waals surface area contributed by atoms with Gasteiger partial charge in [0, 0.05) is 23.4 Å². The molecule has 1 aliphatic heterocycles. The second-order valence-electron chi connectivity index (χ2n) is 6.93.